The Morgan fingerprint density at radius 1 is 0.649 bits per heavy atom. The lowest BCUT2D eigenvalue weighted by atomic mass is 9.59. The molecule has 3 aromatic carbocycles. The highest BCUT2D eigenvalue weighted by Gasteiger charge is 2.82. The van der Waals surface area contributed by atoms with Crippen LogP contribution in [0, 0.1) is 21.4 Å². The van der Waals surface area contributed by atoms with Gasteiger partial charge in [0.2, 0.25) is 18.4 Å². The average molecular weight is 784 g/mol. The van der Waals surface area contributed by atoms with Crippen molar-refractivity contribution in [1.82, 2.24) is 0 Å². The van der Waals surface area contributed by atoms with Gasteiger partial charge in [-0.25, -0.2) is 0 Å². The molecule has 0 unspecified atom stereocenters. The lowest BCUT2D eigenvalue weighted by molar-refractivity contribution is -0.544. The topological polar surface area (TPSA) is 201 Å². The summed E-state index contributed by atoms with van der Waals surface area (Å²) in [5.41, 5.74) is -1.70. The molecule has 0 N–H and O–H groups in total. The molecule has 15 heteroatoms. The van der Waals surface area contributed by atoms with E-state index < -0.39 is 100 Å². The second kappa shape index (κ2) is 15.7. The Hall–Kier alpha value is -6.22. The number of carbonyl (C=O) groups excluding carboxylic acids is 6. The van der Waals surface area contributed by atoms with Crippen LogP contribution in [0.5, 0.6) is 0 Å². The van der Waals surface area contributed by atoms with Crippen LogP contribution in [0.1, 0.15) is 58.2 Å². The number of nitro groups is 1. The first-order valence-electron chi connectivity index (χ1n) is 18.2. The van der Waals surface area contributed by atoms with E-state index in [0.29, 0.717) is 27.8 Å². The van der Waals surface area contributed by atoms with Gasteiger partial charge in [0.15, 0.2) is 18.0 Å². The molecule has 1 saturated heterocycles. The fourth-order valence-corrected chi connectivity index (χ4v) is 9.12. The normalized spacial score (nSPS) is 29.5. The highest BCUT2D eigenvalue weighted by Crippen LogP contribution is 2.71. The van der Waals surface area contributed by atoms with Gasteiger partial charge in [-0.1, -0.05) is 91.0 Å². The van der Waals surface area contributed by atoms with Gasteiger partial charge < -0.3 is 28.4 Å². The van der Waals surface area contributed by atoms with Crippen molar-refractivity contribution in [3.05, 3.63) is 118 Å². The smallest absolute Gasteiger partial charge is 0.305 e. The summed E-state index contributed by atoms with van der Waals surface area (Å²) in [4.78, 5) is 92.9. The minimum Gasteiger partial charge on any atom is -0.459 e. The Morgan fingerprint density at radius 3 is 1.58 bits per heavy atom. The molecule has 3 aliphatic rings. The predicted molar refractivity (Wildman–Crippen MR) is 198 cm³/mol. The molecule has 15 nitrogen and oxygen atoms in total. The summed E-state index contributed by atoms with van der Waals surface area (Å²) >= 11 is 0. The number of esters is 5. The Labute approximate surface area is 327 Å². The zero-order chi connectivity index (χ0) is 41.4. The summed E-state index contributed by atoms with van der Waals surface area (Å²) in [5.74, 6) is -6.98. The Balaban J connectivity index is 1.74. The van der Waals surface area contributed by atoms with E-state index in [2.05, 4.69) is 0 Å². The summed E-state index contributed by atoms with van der Waals surface area (Å²) in [7, 11) is 0. The van der Waals surface area contributed by atoms with Crippen molar-refractivity contribution in [1.29, 1.82) is 0 Å². The van der Waals surface area contributed by atoms with E-state index in [9.17, 15) is 34.1 Å². The SMILES string of the molecule is CC(=O)O[C@H]1O[C@H]([C@H](OC(C)=O)[C@H]2[C@@H]([N+](=O)[O-])[C@]3(C)C(=O)[C@@]2(c2ccccc2)C(c2ccccc2)=C3c2ccccc2)[C@H](OC(C)=O)[C@H](OC(C)=O)[C@H]1OC(C)=O. The van der Waals surface area contributed by atoms with Gasteiger partial charge in [-0.15, -0.1) is 0 Å². The summed E-state index contributed by atoms with van der Waals surface area (Å²) < 4.78 is 34.7. The number of Topliss-reactive ketones (excluding diaryl/α,β-unsaturated/α-hetero) is 1. The number of ether oxygens (including phenoxy) is 6. The number of benzene rings is 3. The lowest BCUT2D eigenvalue weighted by Gasteiger charge is -2.49. The third kappa shape index (κ3) is 6.96. The van der Waals surface area contributed by atoms with E-state index in [1.165, 1.54) is 6.92 Å². The standard InChI is InChI=1S/C42H41NO14/c1-22(44)52-33(34-35(53-23(2)45)36(54-24(3)46)37(55-25(4)47)39(57-34)56-26(5)48)32-38(43(50)51)41(6)30(27-16-10-7-11-17-27)31(28-18-12-8-13-19-28)42(32,40(41)49)29-20-14-9-15-21-29/h7-21,32-39H,1-6H3/t32-,33+,34+,35-,36-,37+,38+,39-,41+,42-/m0/s1. The zero-order valence-corrected chi connectivity index (χ0v) is 31.9. The minimum atomic E-state index is -1.98. The third-order valence-corrected chi connectivity index (χ3v) is 10.7. The second-order valence-electron chi connectivity index (χ2n) is 14.3. The predicted octanol–water partition coefficient (Wildman–Crippen LogP) is 4.41. The molecule has 0 aromatic heterocycles. The molecule has 2 fully saturated rings. The molecule has 2 aliphatic carbocycles. The van der Waals surface area contributed by atoms with Crippen molar-refractivity contribution in [3.8, 4) is 0 Å². The largest absolute Gasteiger partial charge is 0.459 e. The molecule has 0 radical (unpaired) electrons. The fourth-order valence-electron chi connectivity index (χ4n) is 9.12. The fraction of sp³-hybridized carbons (Fsp3) is 0.381. The van der Waals surface area contributed by atoms with Crippen molar-refractivity contribution in [2.45, 2.75) is 89.8 Å². The number of nitrogens with zero attached hydrogens (tertiary/aromatic N) is 1. The van der Waals surface area contributed by atoms with Crippen LogP contribution < -0.4 is 0 Å². The first kappa shape index (κ1) is 40.4. The maximum Gasteiger partial charge on any atom is 0.305 e. The number of allylic oxidation sites excluding steroid dienone is 1. The van der Waals surface area contributed by atoms with Gasteiger partial charge in [-0.05, 0) is 34.8 Å². The zero-order valence-electron chi connectivity index (χ0n) is 31.9. The molecular formula is C42H41NO14. The van der Waals surface area contributed by atoms with Gasteiger partial charge in [-0.3, -0.25) is 38.9 Å². The highest BCUT2D eigenvalue weighted by molar-refractivity contribution is 6.26. The molecule has 1 aliphatic heterocycles. The van der Waals surface area contributed by atoms with Crippen LogP contribution in [0.25, 0.3) is 11.1 Å². The monoisotopic (exact) mass is 783 g/mol. The van der Waals surface area contributed by atoms with E-state index in [1.807, 2.05) is 0 Å². The van der Waals surface area contributed by atoms with Crippen molar-refractivity contribution in [3.63, 3.8) is 0 Å². The van der Waals surface area contributed by atoms with Gasteiger partial charge in [0.1, 0.15) is 17.6 Å². The molecule has 10 atom stereocenters. The van der Waals surface area contributed by atoms with Gasteiger partial charge in [-0.2, -0.15) is 0 Å². The van der Waals surface area contributed by atoms with Crippen LogP contribution in [0.4, 0.5) is 0 Å². The van der Waals surface area contributed by atoms with E-state index in [1.54, 1.807) is 91.0 Å². The molecule has 1 heterocycles. The Morgan fingerprint density at radius 2 is 1.11 bits per heavy atom. The van der Waals surface area contributed by atoms with Crippen LogP contribution in [0.2, 0.25) is 0 Å². The van der Waals surface area contributed by atoms with Crippen LogP contribution in [-0.2, 0) is 62.6 Å². The second-order valence-corrected chi connectivity index (χ2v) is 14.3. The third-order valence-electron chi connectivity index (χ3n) is 10.7. The minimum absolute atomic E-state index is 0.322. The number of hydrogen-bond donors (Lipinski definition) is 0. The van der Waals surface area contributed by atoms with Crippen LogP contribution in [0.3, 0.4) is 0 Å². The van der Waals surface area contributed by atoms with E-state index in [-0.39, 0.29) is 0 Å². The maximum atomic E-state index is 15.8. The maximum absolute atomic E-state index is 15.8. The van der Waals surface area contributed by atoms with E-state index in [4.69, 9.17) is 28.4 Å². The quantitative estimate of drug-likeness (QED) is 0.115. The number of hydrogen-bond acceptors (Lipinski definition) is 14. The summed E-state index contributed by atoms with van der Waals surface area (Å²) in [5, 5.41) is 13.8. The molecule has 3 aromatic rings. The van der Waals surface area contributed by atoms with Crippen LogP contribution in [-0.4, -0.2) is 83.4 Å². The molecule has 298 valence electrons. The van der Waals surface area contributed by atoms with Gasteiger partial charge in [0.05, 0.1) is 11.3 Å². The molecule has 0 amide bonds. The number of carbonyl (C=O) groups is 6. The van der Waals surface area contributed by atoms with Crippen molar-refractivity contribution in [2.75, 3.05) is 0 Å². The summed E-state index contributed by atoms with van der Waals surface area (Å²) in [6.45, 7) is 6.64. The van der Waals surface area contributed by atoms with Gasteiger partial charge >= 0.3 is 29.8 Å². The first-order chi connectivity index (χ1) is 27.0. The summed E-state index contributed by atoms with van der Waals surface area (Å²) in [6, 6.07) is 24.2. The van der Waals surface area contributed by atoms with Gasteiger partial charge in [0, 0.05) is 39.5 Å². The number of ketones is 1. The average Bonchev–Trinajstić information content (AvgIpc) is 3.48. The number of rotatable bonds is 11. The lowest BCUT2D eigenvalue weighted by Crippen LogP contribution is -2.67. The highest BCUT2D eigenvalue weighted by atomic mass is 16.7. The Kier molecular flexibility index (Phi) is 11.2. The number of fused-ring (bicyclic) bond motifs is 2. The molecule has 1 saturated carbocycles. The van der Waals surface area contributed by atoms with E-state index in [0.717, 1.165) is 34.6 Å². The van der Waals surface area contributed by atoms with Crippen molar-refractivity contribution in [2.24, 2.45) is 11.3 Å². The summed E-state index contributed by atoms with van der Waals surface area (Å²) in [6.07, 6.45) is -11.0. The van der Waals surface area contributed by atoms with Crippen LogP contribution >= 0.6 is 0 Å². The molecule has 57 heavy (non-hydrogen) atoms. The molecule has 2 bridgehead atoms. The van der Waals surface area contributed by atoms with Crippen molar-refractivity contribution < 1.29 is 62.1 Å². The van der Waals surface area contributed by atoms with E-state index >= 15 is 4.79 Å². The first-order valence-corrected chi connectivity index (χ1v) is 18.2. The van der Waals surface area contributed by atoms with Crippen molar-refractivity contribution >= 4 is 46.8 Å². The molecule has 6 rings (SSSR count). The molecular weight excluding hydrogens is 742 g/mol. The Bertz CT molecular complexity index is 2120. The van der Waals surface area contributed by atoms with Crippen LogP contribution in [0.15, 0.2) is 91.0 Å². The molecule has 0 spiro atoms. The van der Waals surface area contributed by atoms with Gasteiger partial charge in [0.25, 0.3) is 0 Å².